The Bertz CT molecular complexity index is 647. The van der Waals surface area contributed by atoms with E-state index in [-0.39, 0.29) is 23.5 Å². The summed E-state index contributed by atoms with van der Waals surface area (Å²) in [6, 6.07) is -0.0548. The van der Waals surface area contributed by atoms with Crippen molar-refractivity contribution in [3.63, 3.8) is 0 Å². The normalized spacial score (nSPS) is 22.3. The number of hydrogen-bond acceptors (Lipinski definition) is 5. The minimum atomic E-state index is -0.622. The van der Waals surface area contributed by atoms with Gasteiger partial charge >= 0.3 is 5.69 Å². The molecule has 1 fully saturated rings. The van der Waals surface area contributed by atoms with Gasteiger partial charge in [-0.3, -0.25) is 19.3 Å². The number of H-pyrrole nitrogens is 1. The summed E-state index contributed by atoms with van der Waals surface area (Å²) in [6.45, 7) is 2.35. The molecule has 0 spiro atoms. The van der Waals surface area contributed by atoms with Crippen molar-refractivity contribution in [3.8, 4) is 5.88 Å². The Morgan fingerprint density at radius 2 is 2.14 bits per heavy atom. The van der Waals surface area contributed by atoms with Crippen molar-refractivity contribution in [2.24, 2.45) is 10.7 Å². The van der Waals surface area contributed by atoms with Crippen molar-refractivity contribution in [2.75, 3.05) is 0 Å². The van der Waals surface area contributed by atoms with Crippen LogP contribution < -0.4 is 17.0 Å². The lowest BCUT2D eigenvalue weighted by Gasteiger charge is -2.24. The third-order valence-electron chi connectivity index (χ3n) is 4.12. The predicted molar refractivity (Wildman–Crippen MR) is 85.7 cm³/mol. The molecule has 0 amide bonds. The maximum absolute atomic E-state index is 11.9. The minimum Gasteiger partial charge on any atom is -0.494 e. The summed E-state index contributed by atoms with van der Waals surface area (Å²) >= 11 is 0. The second-order valence-electron chi connectivity index (χ2n) is 5.80. The first-order valence-corrected chi connectivity index (χ1v) is 7.89. The third kappa shape index (κ3) is 3.65. The fraction of sp³-hybridized carbons (Fsp3) is 0.667. The van der Waals surface area contributed by atoms with Gasteiger partial charge in [-0.1, -0.05) is 26.2 Å². The van der Waals surface area contributed by atoms with E-state index in [1.165, 1.54) is 10.8 Å². The molecule has 0 unspecified atom stereocenters. The largest absolute Gasteiger partial charge is 0.494 e. The summed E-state index contributed by atoms with van der Waals surface area (Å²) in [5.41, 5.74) is 4.83. The Kier molecular flexibility index (Phi) is 5.54. The van der Waals surface area contributed by atoms with Crippen molar-refractivity contribution in [1.82, 2.24) is 9.55 Å². The molecule has 122 valence electrons. The zero-order chi connectivity index (χ0) is 16.1. The van der Waals surface area contributed by atoms with Gasteiger partial charge in [0.1, 0.15) is 5.56 Å². The molecule has 1 saturated carbocycles. The van der Waals surface area contributed by atoms with Crippen molar-refractivity contribution in [2.45, 2.75) is 64.1 Å². The standard InChI is InChI=1S/C15H24N4O3/c1-2-3-8-19-14(21)10(13(20)18-15(19)22)9-17-12-7-5-4-6-11(12)16/h9,11-12,21H,2-8,16H2,1H3,(H,18,20,22)/t11-,12+/m1/s1. The molecule has 0 radical (unpaired) electrons. The molecule has 22 heavy (non-hydrogen) atoms. The first kappa shape index (κ1) is 16.5. The Morgan fingerprint density at radius 1 is 1.41 bits per heavy atom. The van der Waals surface area contributed by atoms with Crippen LogP contribution in [0, 0.1) is 0 Å². The number of nitrogens with one attached hydrogen (secondary N) is 1. The van der Waals surface area contributed by atoms with Crippen LogP contribution in [0.25, 0.3) is 0 Å². The van der Waals surface area contributed by atoms with Crippen LogP contribution in [-0.4, -0.2) is 33.0 Å². The van der Waals surface area contributed by atoms with Crippen LogP contribution in [0.15, 0.2) is 14.6 Å². The van der Waals surface area contributed by atoms with E-state index in [4.69, 9.17) is 5.73 Å². The van der Waals surface area contributed by atoms with Gasteiger partial charge in [0.15, 0.2) is 0 Å². The van der Waals surface area contributed by atoms with E-state index in [1.807, 2.05) is 6.92 Å². The molecule has 1 aromatic heterocycles. The van der Waals surface area contributed by atoms with Gasteiger partial charge in [-0.15, -0.1) is 0 Å². The number of aromatic amines is 1. The smallest absolute Gasteiger partial charge is 0.331 e. The molecule has 4 N–H and O–H groups in total. The molecule has 0 bridgehead atoms. The lowest BCUT2D eigenvalue weighted by atomic mass is 9.91. The van der Waals surface area contributed by atoms with Gasteiger partial charge in [-0.25, -0.2) is 4.79 Å². The molecule has 1 aromatic rings. The molecule has 1 aliphatic rings. The molecule has 2 rings (SSSR count). The number of nitrogens with zero attached hydrogens (tertiary/aromatic N) is 2. The van der Waals surface area contributed by atoms with E-state index >= 15 is 0 Å². The fourth-order valence-corrected chi connectivity index (χ4v) is 2.71. The van der Waals surface area contributed by atoms with Crippen LogP contribution in [0.1, 0.15) is 51.0 Å². The molecule has 0 aromatic carbocycles. The molecule has 2 atom stereocenters. The predicted octanol–water partition coefficient (Wildman–Crippen LogP) is 0.731. The number of aromatic hydroxyl groups is 1. The van der Waals surface area contributed by atoms with E-state index < -0.39 is 11.2 Å². The van der Waals surface area contributed by atoms with E-state index in [0.717, 1.165) is 38.5 Å². The lowest BCUT2D eigenvalue weighted by molar-refractivity contribution is 0.385. The highest BCUT2D eigenvalue weighted by Crippen LogP contribution is 2.20. The molecule has 7 nitrogen and oxygen atoms in total. The van der Waals surface area contributed by atoms with Crippen LogP contribution in [0.4, 0.5) is 0 Å². The molecular formula is C15H24N4O3. The monoisotopic (exact) mass is 308 g/mol. The van der Waals surface area contributed by atoms with Crippen molar-refractivity contribution >= 4 is 6.21 Å². The quantitative estimate of drug-likeness (QED) is 0.696. The third-order valence-corrected chi connectivity index (χ3v) is 4.12. The molecule has 0 saturated heterocycles. The second kappa shape index (κ2) is 7.40. The van der Waals surface area contributed by atoms with E-state index in [2.05, 4.69) is 9.98 Å². The zero-order valence-corrected chi connectivity index (χ0v) is 12.9. The Hall–Kier alpha value is -1.89. The van der Waals surface area contributed by atoms with E-state index in [1.54, 1.807) is 0 Å². The van der Waals surface area contributed by atoms with Gasteiger partial charge in [0.25, 0.3) is 5.56 Å². The number of hydrogen-bond donors (Lipinski definition) is 3. The van der Waals surface area contributed by atoms with Crippen molar-refractivity contribution in [1.29, 1.82) is 0 Å². The van der Waals surface area contributed by atoms with Gasteiger partial charge < -0.3 is 10.8 Å². The van der Waals surface area contributed by atoms with Gasteiger partial charge in [-0.2, -0.15) is 0 Å². The highest BCUT2D eigenvalue weighted by atomic mass is 16.3. The van der Waals surface area contributed by atoms with Crippen molar-refractivity contribution in [3.05, 3.63) is 26.4 Å². The number of rotatable bonds is 5. The van der Waals surface area contributed by atoms with Crippen LogP contribution in [0.2, 0.25) is 0 Å². The number of nitrogens with two attached hydrogens (primary N) is 1. The maximum Gasteiger partial charge on any atom is 0.331 e. The molecule has 1 heterocycles. The van der Waals surface area contributed by atoms with Gasteiger partial charge in [0, 0.05) is 18.8 Å². The fourth-order valence-electron chi connectivity index (χ4n) is 2.71. The average molecular weight is 308 g/mol. The number of aliphatic imine (C=N–C) groups is 1. The topological polar surface area (TPSA) is 113 Å². The Balaban J connectivity index is 2.30. The lowest BCUT2D eigenvalue weighted by Crippen LogP contribution is -2.36. The summed E-state index contributed by atoms with van der Waals surface area (Å²) in [4.78, 5) is 30.2. The Morgan fingerprint density at radius 3 is 2.82 bits per heavy atom. The minimum absolute atomic E-state index is 0.0165. The average Bonchev–Trinajstić information content (AvgIpc) is 2.48. The first-order valence-electron chi connectivity index (χ1n) is 7.89. The van der Waals surface area contributed by atoms with Gasteiger partial charge in [0.05, 0.1) is 6.04 Å². The first-order chi connectivity index (χ1) is 10.5. The number of aromatic nitrogens is 2. The van der Waals surface area contributed by atoms with Gasteiger partial charge in [0.2, 0.25) is 5.88 Å². The van der Waals surface area contributed by atoms with Crippen LogP contribution in [0.3, 0.4) is 0 Å². The second-order valence-corrected chi connectivity index (χ2v) is 5.80. The summed E-state index contributed by atoms with van der Waals surface area (Å²) in [5, 5.41) is 10.2. The number of unbranched alkanes of at least 4 members (excludes halogenated alkanes) is 1. The summed E-state index contributed by atoms with van der Waals surface area (Å²) in [6.07, 6.45) is 6.93. The van der Waals surface area contributed by atoms with E-state index in [9.17, 15) is 14.7 Å². The van der Waals surface area contributed by atoms with Crippen molar-refractivity contribution < 1.29 is 5.11 Å². The highest BCUT2D eigenvalue weighted by Gasteiger charge is 2.21. The SMILES string of the molecule is CCCCn1c(O)c(C=N[C@H]2CCCC[C@H]2N)c(=O)[nH]c1=O. The molecule has 1 aliphatic carbocycles. The van der Waals surface area contributed by atoms with Crippen LogP contribution in [0.5, 0.6) is 5.88 Å². The van der Waals surface area contributed by atoms with Gasteiger partial charge in [-0.05, 0) is 19.3 Å². The molecule has 0 aliphatic heterocycles. The maximum atomic E-state index is 11.9. The molecule has 7 heteroatoms. The van der Waals surface area contributed by atoms with Crippen LogP contribution in [-0.2, 0) is 6.54 Å². The summed E-state index contributed by atoms with van der Waals surface area (Å²) in [5.74, 6) is -0.324. The van der Waals surface area contributed by atoms with Crippen LogP contribution >= 0.6 is 0 Å². The Labute approximate surface area is 128 Å². The summed E-state index contributed by atoms with van der Waals surface area (Å²) in [7, 11) is 0. The zero-order valence-electron chi connectivity index (χ0n) is 12.9. The summed E-state index contributed by atoms with van der Waals surface area (Å²) < 4.78 is 1.17. The van der Waals surface area contributed by atoms with E-state index in [0.29, 0.717) is 6.54 Å². The highest BCUT2D eigenvalue weighted by molar-refractivity contribution is 5.82. The molecular weight excluding hydrogens is 284 g/mol.